The van der Waals surface area contributed by atoms with Crippen molar-refractivity contribution in [3.63, 3.8) is 0 Å². The summed E-state index contributed by atoms with van der Waals surface area (Å²) in [5, 5.41) is 9.09. The number of aryl methyl sites for hydroxylation is 1. The molecule has 1 aliphatic rings. The van der Waals surface area contributed by atoms with Crippen LogP contribution in [-0.2, 0) is 17.8 Å². The first-order valence-electron chi connectivity index (χ1n) is 10.5. The summed E-state index contributed by atoms with van der Waals surface area (Å²) in [4.78, 5) is 14.6. The SMILES string of the molecule is CCCCCCc1ccc(N2CCC(Cl)C2COCc2ccc(C(=O)O)s2)cc1. The molecular weight excluding hydrogens is 406 g/mol. The summed E-state index contributed by atoms with van der Waals surface area (Å²) in [6.07, 6.45) is 7.22. The van der Waals surface area contributed by atoms with Gasteiger partial charge in [0.2, 0.25) is 0 Å². The molecule has 0 spiro atoms. The van der Waals surface area contributed by atoms with Gasteiger partial charge in [-0.25, -0.2) is 4.79 Å². The number of hydrogen-bond acceptors (Lipinski definition) is 4. The van der Waals surface area contributed by atoms with Crippen molar-refractivity contribution >= 4 is 34.6 Å². The highest BCUT2D eigenvalue weighted by Gasteiger charge is 2.33. The zero-order chi connectivity index (χ0) is 20.6. The average Bonchev–Trinajstić information content (AvgIpc) is 3.33. The Bertz CT molecular complexity index is 777. The van der Waals surface area contributed by atoms with Gasteiger partial charge in [0.15, 0.2) is 0 Å². The molecule has 0 aliphatic carbocycles. The van der Waals surface area contributed by atoms with Crippen molar-refractivity contribution in [2.45, 2.75) is 63.5 Å². The Kier molecular flexibility index (Phi) is 8.40. The number of nitrogens with zero attached hydrogens (tertiary/aromatic N) is 1. The van der Waals surface area contributed by atoms with E-state index in [0.717, 1.165) is 24.3 Å². The Morgan fingerprint density at radius 3 is 2.69 bits per heavy atom. The van der Waals surface area contributed by atoms with Crippen LogP contribution in [0.2, 0.25) is 0 Å². The van der Waals surface area contributed by atoms with E-state index in [4.69, 9.17) is 21.4 Å². The third-order valence-corrected chi connectivity index (χ3v) is 7.01. The number of carboxylic acid groups (broad SMARTS) is 1. The maximum absolute atomic E-state index is 11.0. The highest BCUT2D eigenvalue weighted by Crippen LogP contribution is 2.30. The normalized spacial score (nSPS) is 19.0. The molecule has 29 heavy (non-hydrogen) atoms. The van der Waals surface area contributed by atoms with Gasteiger partial charge in [0, 0.05) is 17.1 Å². The van der Waals surface area contributed by atoms with E-state index in [1.165, 1.54) is 48.3 Å². The van der Waals surface area contributed by atoms with E-state index in [2.05, 4.69) is 36.1 Å². The molecule has 4 nitrogen and oxygen atoms in total. The molecule has 2 atom stereocenters. The van der Waals surface area contributed by atoms with Gasteiger partial charge in [-0.3, -0.25) is 0 Å². The van der Waals surface area contributed by atoms with Gasteiger partial charge in [0.25, 0.3) is 0 Å². The number of unbranched alkanes of at least 4 members (excludes halogenated alkanes) is 3. The van der Waals surface area contributed by atoms with Crippen molar-refractivity contribution in [3.05, 3.63) is 51.7 Å². The van der Waals surface area contributed by atoms with E-state index in [1.54, 1.807) is 6.07 Å². The van der Waals surface area contributed by atoms with Gasteiger partial charge >= 0.3 is 5.97 Å². The molecule has 1 aliphatic heterocycles. The van der Waals surface area contributed by atoms with Gasteiger partial charge in [-0.05, 0) is 49.1 Å². The quantitative estimate of drug-likeness (QED) is 0.349. The minimum Gasteiger partial charge on any atom is -0.477 e. The highest BCUT2D eigenvalue weighted by atomic mass is 35.5. The molecule has 1 N–H and O–H groups in total. The number of benzene rings is 1. The topological polar surface area (TPSA) is 49.8 Å². The molecule has 158 valence electrons. The Balaban J connectivity index is 1.52. The van der Waals surface area contributed by atoms with Crippen LogP contribution in [-0.4, -0.2) is 35.6 Å². The summed E-state index contributed by atoms with van der Waals surface area (Å²) in [6.45, 7) is 4.12. The fourth-order valence-electron chi connectivity index (χ4n) is 3.79. The molecule has 1 fully saturated rings. The van der Waals surface area contributed by atoms with Crippen LogP contribution >= 0.6 is 22.9 Å². The first-order chi connectivity index (χ1) is 14.1. The molecule has 2 unspecified atom stereocenters. The number of hydrogen-bond donors (Lipinski definition) is 1. The smallest absolute Gasteiger partial charge is 0.345 e. The minimum absolute atomic E-state index is 0.0571. The highest BCUT2D eigenvalue weighted by molar-refractivity contribution is 7.13. The second-order valence-electron chi connectivity index (χ2n) is 7.63. The zero-order valence-electron chi connectivity index (χ0n) is 17.0. The number of ether oxygens (including phenoxy) is 1. The second-order valence-corrected chi connectivity index (χ2v) is 9.36. The molecule has 2 aromatic rings. The van der Waals surface area contributed by atoms with Crippen LogP contribution in [0.15, 0.2) is 36.4 Å². The third kappa shape index (κ3) is 6.21. The lowest BCUT2D eigenvalue weighted by atomic mass is 10.1. The van der Waals surface area contributed by atoms with Gasteiger partial charge in [0.05, 0.1) is 24.6 Å². The lowest BCUT2D eigenvalue weighted by Crippen LogP contribution is -2.37. The molecule has 0 saturated carbocycles. The first-order valence-corrected chi connectivity index (χ1v) is 11.7. The molecule has 3 rings (SSSR count). The lowest BCUT2D eigenvalue weighted by molar-refractivity contribution is 0.0702. The monoisotopic (exact) mass is 435 g/mol. The predicted octanol–water partition coefficient (Wildman–Crippen LogP) is 5.97. The number of carbonyl (C=O) groups is 1. The fraction of sp³-hybridized carbons (Fsp3) is 0.522. The first kappa shape index (κ1) is 22.1. The number of alkyl halides is 1. The molecule has 1 saturated heterocycles. The number of carboxylic acids is 1. The van der Waals surface area contributed by atoms with E-state index in [1.807, 2.05) is 6.07 Å². The van der Waals surface area contributed by atoms with Crippen molar-refractivity contribution in [1.29, 1.82) is 0 Å². The summed E-state index contributed by atoms with van der Waals surface area (Å²) in [6, 6.07) is 12.5. The van der Waals surface area contributed by atoms with Crippen molar-refractivity contribution in [1.82, 2.24) is 0 Å². The van der Waals surface area contributed by atoms with Crippen molar-refractivity contribution in [2.24, 2.45) is 0 Å². The van der Waals surface area contributed by atoms with E-state index < -0.39 is 5.97 Å². The molecule has 2 heterocycles. The maximum atomic E-state index is 11.0. The summed E-state index contributed by atoms with van der Waals surface area (Å²) in [7, 11) is 0. The maximum Gasteiger partial charge on any atom is 0.345 e. The van der Waals surface area contributed by atoms with Gasteiger partial charge in [-0.15, -0.1) is 22.9 Å². The number of halogens is 1. The summed E-state index contributed by atoms with van der Waals surface area (Å²) >= 11 is 7.84. The predicted molar refractivity (Wildman–Crippen MR) is 121 cm³/mol. The van der Waals surface area contributed by atoms with E-state index >= 15 is 0 Å². The van der Waals surface area contributed by atoms with Crippen LogP contribution in [0, 0.1) is 0 Å². The Labute approximate surface area is 182 Å². The van der Waals surface area contributed by atoms with Crippen LogP contribution in [0.4, 0.5) is 5.69 Å². The molecule has 6 heteroatoms. The third-order valence-electron chi connectivity index (χ3n) is 5.46. The van der Waals surface area contributed by atoms with Crippen LogP contribution in [0.5, 0.6) is 0 Å². The largest absolute Gasteiger partial charge is 0.477 e. The fourth-order valence-corrected chi connectivity index (χ4v) is 4.88. The van der Waals surface area contributed by atoms with E-state index in [9.17, 15) is 4.79 Å². The number of thiophene rings is 1. The average molecular weight is 436 g/mol. The summed E-state index contributed by atoms with van der Waals surface area (Å²) < 4.78 is 5.91. The van der Waals surface area contributed by atoms with E-state index in [-0.39, 0.29) is 11.4 Å². The van der Waals surface area contributed by atoms with Crippen molar-refractivity contribution in [2.75, 3.05) is 18.1 Å². The minimum atomic E-state index is -0.891. The second kappa shape index (κ2) is 11.0. The van der Waals surface area contributed by atoms with Crippen molar-refractivity contribution in [3.8, 4) is 0 Å². The molecule has 0 bridgehead atoms. The summed E-state index contributed by atoms with van der Waals surface area (Å²) in [5.41, 5.74) is 2.59. The standard InChI is InChI=1S/C23H30ClNO3S/c1-2-3-4-5-6-17-7-9-18(10-8-17)25-14-13-20(24)21(25)16-28-15-19-11-12-22(29-19)23(26)27/h7-12,20-21H,2-6,13-16H2,1H3,(H,26,27). The number of rotatable bonds is 11. The van der Waals surface area contributed by atoms with Crippen molar-refractivity contribution < 1.29 is 14.6 Å². The van der Waals surface area contributed by atoms with Crippen LogP contribution in [0.3, 0.4) is 0 Å². The molecule has 1 aromatic heterocycles. The Hall–Kier alpha value is -1.56. The van der Waals surface area contributed by atoms with Gasteiger partial charge in [-0.2, -0.15) is 0 Å². The number of anilines is 1. The Morgan fingerprint density at radius 2 is 2.00 bits per heavy atom. The van der Waals surface area contributed by atoms with Crippen LogP contribution in [0.25, 0.3) is 0 Å². The van der Waals surface area contributed by atoms with Crippen LogP contribution < -0.4 is 4.90 Å². The van der Waals surface area contributed by atoms with Gasteiger partial charge in [-0.1, -0.05) is 38.3 Å². The molecule has 1 aromatic carbocycles. The van der Waals surface area contributed by atoms with Gasteiger partial charge < -0.3 is 14.7 Å². The summed E-state index contributed by atoms with van der Waals surface area (Å²) in [5.74, 6) is -0.891. The molecule has 0 radical (unpaired) electrons. The molecular formula is C23H30ClNO3S. The Morgan fingerprint density at radius 1 is 1.21 bits per heavy atom. The van der Waals surface area contributed by atoms with Crippen LogP contribution in [0.1, 0.15) is 59.1 Å². The molecule has 0 amide bonds. The lowest BCUT2D eigenvalue weighted by Gasteiger charge is -2.28. The number of aromatic carboxylic acids is 1. The zero-order valence-corrected chi connectivity index (χ0v) is 18.6. The van der Waals surface area contributed by atoms with E-state index in [0.29, 0.717) is 18.1 Å². The van der Waals surface area contributed by atoms with Gasteiger partial charge in [0.1, 0.15) is 4.88 Å².